The molecule has 0 amide bonds. The SMILES string of the molecule is C=CC(O)N1CCN(c2nc(=O)n3c4c(c(-c5ccc(F)cc5F)c(Cl)cc24)SC[C@@H]3CN2CCN(CC(F)F)CC2)[C@@H](C)C1. The summed E-state index contributed by atoms with van der Waals surface area (Å²) in [7, 11) is 0. The summed E-state index contributed by atoms with van der Waals surface area (Å²) in [4.78, 5) is 27.1. The summed E-state index contributed by atoms with van der Waals surface area (Å²) in [6.07, 6.45) is -1.70. The van der Waals surface area contributed by atoms with Crippen molar-refractivity contribution in [3.05, 3.63) is 64.1 Å². The summed E-state index contributed by atoms with van der Waals surface area (Å²) in [5.41, 5.74) is 0.667. The van der Waals surface area contributed by atoms with Crippen LogP contribution in [0.4, 0.5) is 23.4 Å². The summed E-state index contributed by atoms with van der Waals surface area (Å²) in [5.74, 6) is -0.528. The highest BCUT2D eigenvalue weighted by Crippen LogP contribution is 2.48. The van der Waals surface area contributed by atoms with Gasteiger partial charge >= 0.3 is 5.69 Å². The minimum Gasteiger partial charge on any atom is -0.375 e. The van der Waals surface area contributed by atoms with Gasteiger partial charge in [0.1, 0.15) is 23.7 Å². The van der Waals surface area contributed by atoms with Crippen LogP contribution in [0.1, 0.15) is 13.0 Å². The van der Waals surface area contributed by atoms with Gasteiger partial charge in [0.05, 0.1) is 23.1 Å². The molecule has 0 aliphatic carbocycles. The van der Waals surface area contributed by atoms with Gasteiger partial charge in [-0.1, -0.05) is 18.2 Å². The second kappa shape index (κ2) is 13.2. The van der Waals surface area contributed by atoms with Gasteiger partial charge in [0.25, 0.3) is 6.43 Å². The van der Waals surface area contributed by atoms with Crippen molar-refractivity contribution in [2.75, 3.05) is 69.6 Å². The van der Waals surface area contributed by atoms with E-state index in [-0.39, 0.29) is 29.2 Å². The Balaban J connectivity index is 1.44. The molecule has 8 nitrogen and oxygen atoms in total. The molecule has 242 valence electrons. The standard InChI is InChI=1S/C31H35ClF4N6O2S/c1-3-26(43)40-10-11-41(18(2)14-40)30-22-13-23(32)27(21-5-4-19(33)12-24(21)34)29-28(22)42(31(44)37-30)20(17-45-29)15-38-6-8-39(9-7-38)16-25(35)36/h3-5,12-13,18,20,25-26,43H,1,6-11,14-17H2,2H3/t18-,20-,26?/m0/s1. The van der Waals surface area contributed by atoms with E-state index < -0.39 is 30.0 Å². The first kappa shape index (κ1) is 32.3. The molecule has 0 bridgehead atoms. The normalized spacial score (nSPS) is 22.4. The number of hydrogen-bond donors (Lipinski definition) is 1. The Bertz CT molecular complexity index is 1650. The second-order valence-corrected chi connectivity index (χ2v) is 13.3. The fourth-order valence-corrected chi connectivity index (χ4v) is 8.38. The molecular formula is C31H35ClF4N6O2S. The van der Waals surface area contributed by atoms with E-state index in [2.05, 4.69) is 16.5 Å². The summed E-state index contributed by atoms with van der Waals surface area (Å²) < 4.78 is 56.6. The minimum atomic E-state index is -2.39. The molecule has 3 aliphatic heterocycles. The van der Waals surface area contributed by atoms with Crippen molar-refractivity contribution >= 4 is 40.1 Å². The lowest BCUT2D eigenvalue weighted by atomic mass is 10.0. The second-order valence-electron chi connectivity index (χ2n) is 11.8. The largest absolute Gasteiger partial charge is 0.375 e. The highest BCUT2D eigenvalue weighted by atomic mass is 35.5. The summed E-state index contributed by atoms with van der Waals surface area (Å²) in [6, 6.07) is 4.66. The lowest BCUT2D eigenvalue weighted by Crippen LogP contribution is -2.55. The zero-order chi connectivity index (χ0) is 32.0. The quantitative estimate of drug-likeness (QED) is 0.278. The minimum absolute atomic E-state index is 0.119. The molecule has 2 fully saturated rings. The number of benzene rings is 2. The van der Waals surface area contributed by atoms with Crippen LogP contribution in [0.3, 0.4) is 0 Å². The van der Waals surface area contributed by atoms with Gasteiger partial charge in [-0.2, -0.15) is 4.98 Å². The van der Waals surface area contributed by atoms with Gasteiger partial charge < -0.3 is 10.0 Å². The van der Waals surface area contributed by atoms with Crippen LogP contribution in [0.25, 0.3) is 22.0 Å². The predicted octanol–water partition coefficient (Wildman–Crippen LogP) is 4.54. The van der Waals surface area contributed by atoms with E-state index in [1.54, 1.807) is 15.5 Å². The van der Waals surface area contributed by atoms with Gasteiger partial charge in [-0.15, -0.1) is 11.8 Å². The molecule has 0 radical (unpaired) electrons. The van der Waals surface area contributed by atoms with Crippen molar-refractivity contribution in [3.63, 3.8) is 0 Å². The highest BCUT2D eigenvalue weighted by Gasteiger charge is 2.35. The van der Waals surface area contributed by atoms with Crippen LogP contribution in [-0.2, 0) is 0 Å². The van der Waals surface area contributed by atoms with Crippen molar-refractivity contribution in [1.82, 2.24) is 24.3 Å². The molecule has 1 unspecified atom stereocenters. The first-order chi connectivity index (χ1) is 21.5. The maximum atomic E-state index is 15.2. The van der Waals surface area contributed by atoms with Crippen LogP contribution in [0, 0.1) is 11.6 Å². The summed E-state index contributed by atoms with van der Waals surface area (Å²) in [5, 5.41) is 11.2. The van der Waals surface area contributed by atoms with E-state index in [9.17, 15) is 23.1 Å². The Labute approximate surface area is 267 Å². The van der Waals surface area contributed by atoms with E-state index in [4.69, 9.17) is 11.6 Å². The highest BCUT2D eigenvalue weighted by molar-refractivity contribution is 7.99. The molecule has 4 heterocycles. The molecule has 3 atom stereocenters. The van der Waals surface area contributed by atoms with E-state index in [1.807, 2.05) is 16.7 Å². The molecule has 3 aromatic rings. The monoisotopic (exact) mass is 666 g/mol. The molecule has 3 aliphatic rings. The Morgan fingerprint density at radius 2 is 1.87 bits per heavy atom. The Morgan fingerprint density at radius 1 is 1.13 bits per heavy atom. The fraction of sp³-hybridized carbons (Fsp3) is 0.484. The van der Waals surface area contributed by atoms with Gasteiger partial charge in [-0.05, 0) is 31.2 Å². The van der Waals surface area contributed by atoms with Gasteiger partial charge in [0.2, 0.25) is 0 Å². The first-order valence-corrected chi connectivity index (χ1v) is 16.3. The van der Waals surface area contributed by atoms with Crippen molar-refractivity contribution < 1.29 is 22.7 Å². The summed E-state index contributed by atoms with van der Waals surface area (Å²) >= 11 is 8.36. The zero-order valence-electron chi connectivity index (χ0n) is 24.8. The van der Waals surface area contributed by atoms with E-state index >= 15 is 4.39 Å². The molecule has 1 aromatic heterocycles. The van der Waals surface area contributed by atoms with Crippen LogP contribution >= 0.6 is 23.4 Å². The van der Waals surface area contributed by atoms with E-state index in [1.165, 1.54) is 30.0 Å². The van der Waals surface area contributed by atoms with Crippen LogP contribution in [0.15, 0.2) is 46.6 Å². The van der Waals surface area contributed by atoms with Crippen LogP contribution in [0.5, 0.6) is 0 Å². The molecule has 0 spiro atoms. The molecular weight excluding hydrogens is 632 g/mol. The molecule has 1 N–H and O–H groups in total. The fourth-order valence-electron chi connectivity index (χ4n) is 6.69. The van der Waals surface area contributed by atoms with Crippen molar-refractivity contribution in [1.29, 1.82) is 0 Å². The topological polar surface area (TPSA) is 68.1 Å². The summed E-state index contributed by atoms with van der Waals surface area (Å²) in [6.45, 7) is 9.64. The number of rotatable bonds is 8. The molecule has 45 heavy (non-hydrogen) atoms. The lowest BCUT2D eigenvalue weighted by molar-refractivity contribution is 0.0296. The van der Waals surface area contributed by atoms with Crippen molar-refractivity contribution in [2.45, 2.75) is 36.6 Å². The maximum Gasteiger partial charge on any atom is 0.350 e. The molecule has 2 aromatic carbocycles. The Hall–Kier alpha value is -2.68. The Kier molecular flexibility index (Phi) is 9.47. The van der Waals surface area contributed by atoms with Crippen LogP contribution in [-0.4, -0.2) is 113 Å². The van der Waals surface area contributed by atoms with E-state index in [0.29, 0.717) is 85.3 Å². The molecule has 6 rings (SSSR count). The first-order valence-electron chi connectivity index (χ1n) is 15.0. The van der Waals surface area contributed by atoms with Crippen molar-refractivity contribution in [3.8, 4) is 11.1 Å². The third-order valence-corrected chi connectivity index (χ3v) is 10.5. The number of halogens is 5. The lowest BCUT2D eigenvalue weighted by Gasteiger charge is -2.42. The van der Waals surface area contributed by atoms with Crippen LogP contribution < -0.4 is 10.6 Å². The Morgan fingerprint density at radius 3 is 2.53 bits per heavy atom. The molecule has 2 saturated heterocycles. The third-order valence-electron chi connectivity index (χ3n) is 8.93. The average molecular weight is 667 g/mol. The number of nitrogens with zero attached hydrogens (tertiary/aromatic N) is 6. The maximum absolute atomic E-state index is 15.2. The number of piperazine rings is 2. The average Bonchev–Trinajstić information content (AvgIpc) is 3.00. The third kappa shape index (κ3) is 6.35. The molecule has 0 saturated carbocycles. The van der Waals surface area contributed by atoms with Gasteiger partial charge in [-0.3, -0.25) is 19.3 Å². The van der Waals surface area contributed by atoms with Crippen LogP contribution in [0.2, 0.25) is 5.02 Å². The van der Waals surface area contributed by atoms with Gasteiger partial charge in [-0.25, -0.2) is 22.4 Å². The number of alkyl halides is 2. The number of anilines is 1. The number of aromatic nitrogens is 2. The molecule has 14 heteroatoms. The van der Waals surface area contributed by atoms with E-state index in [0.717, 1.165) is 6.07 Å². The number of aliphatic hydroxyl groups is 1. The zero-order valence-corrected chi connectivity index (χ0v) is 26.4. The van der Waals surface area contributed by atoms with Crippen molar-refractivity contribution in [2.24, 2.45) is 0 Å². The number of hydrogen-bond acceptors (Lipinski definition) is 8. The smallest absolute Gasteiger partial charge is 0.350 e. The van der Waals surface area contributed by atoms with Gasteiger partial charge in [0.15, 0.2) is 0 Å². The predicted molar refractivity (Wildman–Crippen MR) is 170 cm³/mol. The number of thioether (sulfide) groups is 1. The number of aliphatic hydroxyl groups excluding tert-OH is 1. The van der Waals surface area contributed by atoms with Gasteiger partial charge in [0, 0.05) is 91.6 Å².